The molecule has 126 valence electrons. The molecule has 0 radical (unpaired) electrons. The fourth-order valence-electron chi connectivity index (χ4n) is 1.35. The van der Waals surface area contributed by atoms with Crippen LogP contribution in [0.25, 0.3) is 0 Å². The van der Waals surface area contributed by atoms with Gasteiger partial charge in [-0.2, -0.15) is 0 Å². The summed E-state index contributed by atoms with van der Waals surface area (Å²) in [6.45, 7) is 9.12. The predicted molar refractivity (Wildman–Crippen MR) is 80.1 cm³/mol. The molecule has 7 heteroatoms. The maximum Gasteiger partial charge on any atom is 0.407 e. The van der Waals surface area contributed by atoms with E-state index in [1.807, 2.05) is 13.8 Å². The fraction of sp³-hybridized carbons (Fsp3) is 0.667. The normalized spacial score (nSPS) is 12.3. The maximum absolute atomic E-state index is 11.6. The van der Waals surface area contributed by atoms with Gasteiger partial charge in [0.1, 0.15) is 6.61 Å². The lowest BCUT2D eigenvalue weighted by Crippen LogP contribution is -2.43. The van der Waals surface area contributed by atoms with Crippen molar-refractivity contribution in [3.05, 3.63) is 12.2 Å². The molecule has 0 saturated carbocycles. The van der Waals surface area contributed by atoms with Crippen molar-refractivity contribution in [3.63, 3.8) is 0 Å². The zero-order valence-corrected chi connectivity index (χ0v) is 13.8. The molecule has 7 nitrogen and oxygen atoms in total. The minimum absolute atomic E-state index is 0.0170. The summed E-state index contributed by atoms with van der Waals surface area (Å²) in [5, 5.41) is 2.63. The smallest absolute Gasteiger partial charge is 0.407 e. The van der Waals surface area contributed by atoms with Crippen LogP contribution < -0.4 is 5.32 Å². The number of hydrogen-bond donors (Lipinski definition) is 1. The van der Waals surface area contributed by atoms with Crippen LogP contribution in [0, 0.1) is 5.92 Å². The quantitative estimate of drug-likeness (QED) is 0.417. The highest BCUT2D eigenvalue weighted by atomic mass is 16.6. The van der Waals surface area contributed by atoms with E-state index >= 15 is 0 Å². The fourth-order valence-corrected chi connectivity index (χ4v) is 1.35. The van der Waals surface area contributed by atoms with Crippen LogP contribution in [0.2, 0.25) is 0 Å². The van der Waals surface area contributed by atoms with E-state index in [-0.39, 0.29) is 31.3 Å². The number of rotatable bonds is 8. The SMILES string of the molecule is CCOC(=O)/C=C/C(=O)OC[C@H](NC(=O)OC(C)C)C(C)C. The van der Waals surface area contributed by atoms with Gasteiger partial charge in [-0.05, 0) is 26.7 Å². The van der Waals surface area contributed by atoms with E-state index in [2.05, 4.69) is 10.1 Å². The molecule has 0 bridgehead atoms. The van der Waals surface area contributed by atoms with Crippen LogP contribution in [0.3, 0.4) is 0 Å². The van der Waals surface area contributed by atoms with E-state index in [0.717, 1.165) is 12.2 Å². The first-order valence-electron chi connectivity index (χ1n) is 7.25. The first-order valence-corrected chi connectivity index (χ1v) is 7.25. The molecular weight excluding hydrogens is 290 g/mol. The molecule has 22 heavy (non-hydrogen) atoms. The van der Waals surface area contributed by atoms with Crippen molar-refractivity contribution in [2.75, 3.05) is 13.2 Å². The molecular formula is C15H25NO6. The van der Waals surface area contributed by atoms with Crippen molar-refractivity contribution in [1.29, 1.82) is 0 Å². The molecule has 0 saturated heterocycles. The Morgan fingerprint density at radius 3 is 2.00 bits per heavy atom. The second-order valence-corrected chi connectivity index (χ2v) is 5.16. The van der Waals surface area contributed by atoms with Gasteiger partial charge in [-0.3, -0.25) is 0 Å². The summed E-state index contributed by atoms with van der Waals surface area (Å²) in [7, 11) is 0. The van der Waals surface area contributed by atoms with Crippen LogP contribution in [0.15, 0.2) is 12.2 Å². The Kier molecular flexibility index (Phi) is 9.65. The molecule has 0 aliphatic carbocycles. The number of ether oxygens (including phenoxy) is 3. The molecule has 0 aromatic heterocycles. The third-order valence-electron chi connectivity index (χ3n) is 2.50. The maximum atomic E-state index is 11.6. The monoisotopic (exact) mass is 315 g/mol. The topological polar surface area (TPSA) is 90.9 Å². The number of amides is 1. The van der Waals surface area contributed by atoms with E-state index in [1.54, 1.807) is 20.8 Å². The number of hydrogen-bond acceptors (Lipinski definition) is 6. The van der Waals surface area contributed by atoms with Crippen molar-refractivity contribution in [1.82, 2.24) is 5.32 Å². The first-order chi connectivity index (χ1) is 10.3. The highest BCUT2D eigenvalue weighted by Crippen LogP contribution is 2.04. The van der Waals surface area contributed by atoms with Gasteiger partial charge in [0.2, 0.25) is 0 Å². The Balaban J connectivity index is 4.32. The molecule has 0 fully saturated rings. The van der Waals surface area contributed by atoms with E-state index in [1.165, 1.54) is 0 Å². The van der Waals surface area contributed by atoms with Gasteiger partial charge in [0, 0.05) is 12.2 Å². The van der Waals surface area contributed by atoms with Crippen molar-refractivity contribution in [2.24, 2.45) is 5.92 Å². The van der Waals surface area contributed by atoms with Gasteiger partial charge in [-0.1, -0.05) is 13.8 Å². The van der Waals surface area contributed by atoms with Gasteiger partial charge in [0.15, 0.2) is 0 Å². The summed E-state index contributed by atoms with van der Waals surface area (Å²) in [4.78, 5) is 34.1. The number of carbonyl (C=O) groups is 3. The summed E-state index contributed by atoms with van der Waals surface area (Å²) in [5.41, 5.74) is 0. The third-order valence-corrected chi connectivity index (χ3v) is 2.50. The Morgan fingerprint density at radius 1 is 1.00 bits per heavy atom. The Morgan fingerprint density at radius 2 is 1.55 bits per heavy atom. The Labute approximate surface area is 131 Å². The van der Waals surface area contributed by atoms with Crippen molar-refractivity contribution < 1.29 is 28.6 Å². The lowest BCUT2D eigenvalue weighted by atomic mass is 10.1. The van der Waals surface area contributed by atoms with Crippen LogP contribution in [-0.4, -0.2) is 43.4 Å². The van der Waals surface area contributed by atoms with Crippen LogP contribution in [-0.2, 0) is 23.8 Å². The number of alkyl carbamates (subject to hydrolysis) is 1. The number of nitrogens with one attached hydrogen (secondary N) is 1. The van der Waals surface area contributed by atoms with Gasteiger partial charge < -0.3 is 19.5 Å². The van der Waals surface area contributed by atoms with Gasteiger partial charge in [-0.15, -0.1) is 0 Å². The summed E-state index contributed by atoms with van der Waals surface area (Å²) in [6, 6.07) is -0.383. The Hall–Kier alpha value is -2.05. The highest BCUT2D eigenvalue weighted by molar-refractivity contribution is 5.91. The summed E-state index contributed by atoms with van der Waals surface area (Å²) in [5.74, 6) is -1.25. The molecule has 0 aliphatic heterocycles. The second-order valence-electron chi connectivity index (χ2n) is 5.16. The van der Waals surface area contributed by atoms with Crippen molar-refractivity contribution >= 4 is 18.0 Å². The average Bonchev–Trinajstić information content (AvgIpc) is 2.40. The van der Waals surface area contributed by atoms with Gasteiger partial charge in [-0.25, -0.2) is 14.4 Å². The van der Waals surface area contributed by atoms with E-state index < -0.39 is 18.0 Å². The van der Waals surface area contributed by atoms with Gasteiger partial charge in [0.05, 0.1) is 18.8 Å². The predicted octanol–water partition coefficient (Wildman–Crippen LogP) is 1.81. The molecule has 0 aromatic carbocycles. The van der Waals surface area contributed by atoms with E-state index in [4.69, 9.17) is 9.47 Å². The zero-order chi connectivity index (χ0) is 17.1. The van der Waals surface area contributed by atoms with Gasteiger partial charge >= 0.3 is 18.0 Å². The standard InChI is InChI=1S/C15H25NO6/c1-6-20-13(17)7-8-14(18)21-9-12(10(2)3)16-15(19)22-11(4)5/h7-8,10-12H,6,9H2,1-5H3,(H,16,19)/b8-7+/t12-/m0/s1. The second kappa shape index (κ2) is 10.6. The van der Waals surface area contributed by atoms with Crippen molar-refractivity contribution in [3.8, 4) is 0 Å². The first kappa shape index (κ1) is 19.9. The largest absolute Gasteiger partial charge is 0.463 e. The average molecular weight is 315 g/mol. The van der Waals surface area contributed by atoms with Crippen LogP contribution in [0.1, 0.15) is 34.6 Å². The van der Waals surface area contributed by atoms with E-state index in [0.29, 0.717) is 0 Å². The van der Waals surface area contributed by atoms with Crippen LogP contribution >= 0.6 is 0 Å². The van der Waals surface area contributed by atoms with Gasteiger partial charge in [0.25, 0.3) is 0 Å². The Bertz CT molecular complexity index is 403. The molecule has 0 aromatic rings. The minimum Gasteiger partial charge on any atom is -0.463 e. The van der Waals surface area contributed by atoms with Crippen molar-refractivity contribution in [2.45, 2.75) is 46.8 Å². The summed E-state index contributed by atoms with van der Waals surface area (Å²) >= 11 is 0. The minimum atomic E-state index is -0.683. The van der Waals surface area contributed by atoms with E-state index in [9.17, 15) is 14.4 Å². The molecule has 0 rings (SSSR count). The lowest BCUT2D eigenvalue weighted by Gasteiger charge is -2.22. The molecule has 1 atom stereocenters. The number of carbonyl (C=O) groups excluding carboxylic acids is 3. The zero-order valence-electron chi connectivity index (χ0n) is 13.8. The molecule has 0 unspecified atom stereocenters. The lowest BCUT2D eigenvalue weighted by molar-refractivity contribution is -0.140. The summed E-state index contributed by atoms with van der Waals surface area (Å²) < 4.78 is 14.6. The third kappa shape index (κ3) is 9.79. The number of esters is 2. The van der Waals surface area contributed by atoms with Crippen LogP contribution in [0.5, 0.6) is 0 Å². The molecule has 0 spiro atoms. The molecule has 0 heterocycles. The molecule has 1 N–H and O–H groups in total. The highest BCUT2D eigenvalue weighted by Gasteiger charge is 2.19. The van der Waals surface area contributed by atoms with Crippen LogP contribution in [0.4, 0.5) is 4.79 Å². The molecule has 1 amide bonds. The summed E-state index contributed by atoms with van der Waals surface area (Å²) in [6.07, 6.45) is 1.19. The molecule has 0 aliphatic rings.